The van der Waals surface area contributed by atoms with E-state index >= 15 is 0 Å². The number of nitrogens with two attached hydrogens (primary N) is 1. The third kappa shape index (κ3) is 4.92. The van der Waals surface area contributed by atoms with Gasteiger partial charge in [0.1, 0.15) is 0 Å². The molecule has 0 radical (unpaired) electrons. The summed E-state index contributed by atoms with van der Waals surface area (Å²) in [6.07, 6.45) is -4.46. The Morgan fingerprint density at radius 1 is 1.06 bits per heavy atom. The first-order chi connectivity index (χ1) is 15.1. The van der Waals surface area contributed by atoms with Crippen molar-refractivity contribution in [1.29, 1.82) is 0 Å². The van der Waals surface area contributed by atoms with Gasteiger partial charge in [-0.15, -0.1) is 10.2 Å². The molecule has 2 N–H and O–H groups in total. The van der Waals surface area contributed by atoms with Gasteiger partial charge >= 0.3 is 6.18 Å². The van der Waals surface area contributed by atoms with E-state index in [4.69, 9.17) is 5.84 Å². The van der Waals surface area contributed by atoms with Gasteiger partial charge < -0.3 is 5.84 Å². The van der Waals surface area contributed by atoms with E-state index in [0.29, 0.717) is 18.7 Å². The van der Waals surface area contributed by atoms with E-state index in [1.54, 1.807) is 26.0 Å². The zero-order chi connectivity index (χ0) is 23.5. The van der Waals surface area contributed by atoms with Gasteiger partial charge in [-0.1, -0.05) is 55.9 Å². The van der Waals surface area contributed by atoms with Gasteiger partial charge in [-0.25, -0.2) is 13.1 Å². The van der Waals surface area contributed by atoms with Gasteiger partial charge in [0.2, 0.25) is 15.2 Å². The number of hydrogen-bond acceptors (Lipinski definition) is 6. The monoisotopic (exact) mass is 485 g/mol. The first-order valence-corrected chi connectivity index (χ1v) is 12.1. The highest BCUT2D eigenvalue weighted by molar-refractivity contribution is 7.98. The van der Waals surface area contributed by atoms with Gasteiger partial charge in [0, 0.05) is 24.4 Å². The molecule has 7 nitrogen and oxygen atoms in total. The molecule has 0 bridgehead atoms. The number of sulfonamides is 1. The van der Waals surface area contributed by atoms with Crippen LogP contribution in [0, 0.1) is 0 Å². The van der Waals surface area contributed by atoms with Crippen molar-refractivity contribution in [1.82, 2.24) is 19.2 Å². The van der Waals surface area contributed by atoms with Crippen LogP contribution in [0.15, 0.2) is 58.6 Å². The molecule has 1 aromatic heterocycles. The molecule has 0 fully saturated rings. The molecule has 1 heterocycles. The van der Waals surface area contributed by atoms with Gasteiger partial charge in [0.15, 0.2) is 5.82 Å². The molecule has 3 rings (SSSR count). The second-order valence-corrected chi connectivity index (χ2v) is 9.62. The summed E-state index contributed by atoms with van der Waals surface area (Å²) >= 11 is 1.01. The largest absolute Gasteiger partial charge is 0.416 e. The normalized spacial score (nSPS) is 12.4. The van der Waals surface area contributed by atoms with Gasteiger partial charge in [-0.2, -0.15) is 17.5 Å². The molecule has 12 heteroatoms. The number of thioether (sulfide) groups is 1. The van der Waals surface area contributed by atoms with Crippen molar-refractivity contribution in [3.8, 4) is 11.4 Å². The number of nitrogen functional groups attached to an aromatic ring is 1. The molecule has 0 aliphatic rings. The van der Waals surface area contributed by atoms with Crippen LogP contribution in [-0.2, 0) is 22.0 Å². The number of aromatic nitrogens is 3. The van der Waals surface area contributed by atoms with Crippen LogP contribution in [0.4, 0.5) is 13.2 Å². The SMILES string of the molecule is CCN(CC)S(=O)(=O)c1cccc(-c2nnc(SCc3ccccc3C(F)(F)F)n2N)c1. The Balaban J connectivity index is 1.87. The molecule has 0 aliphatic carbocycles. The lowest BCUT2D eigenvalue weighted by Gasteiger charge is -2.18. The lowest BCUT2D eigenvalue weighted by Crippen LogP contribution is -2.30. The van der Waals surface area contributed by atoms with Crippen LogP contribution in [0.3, 0.4) is 0 Å². The van der Waals surface area contributed by atoms with Crippen LogP contribution in [0.1, 0.15) is 25.0 Å². The van der Waals surface area contributed by atoms with E-state index in [0.717, 1.165) is 22.5 Å². The predicted molar refractivity (Wildman–Crippen MR) is 117 cm³/mol. The van der Waals surface area contributed by atoms with Crippen LogP contribution in [0.2, 0.25) is 0 Å². The summed E-state index contributed by atoms with van der Waals surface area (Å²) in [4.78, 5) is 0.0926. The third-order valence-corrected chi connectivity index (χ3v) is 7.82. The van der Waals surface area contributed by atoms with Gasteiger partial charge in [0.25, 0.3) is 0 Å². The van der Waals surface area contributed by atoms with E-state index < -0.39 is 21.8 Å². The number of rotatable bonds is 8. The molecular formula is C20H22F3N5O2S2. The van der Waals surface area contributed by atoms with E-state index in [1.165, 1.54) is 34.6 Å². The number of halogens is 3. The van der Waals surface area contributed by atoms with Crippen LogP contribution in [0.5, 0.6) is 0 Å². The average Bonchev–Trinajstić information content (AvgIpc) is 3.13. The van der Waals surface area contributed by atoms with Crippen LogP contribution in [-0.4, -0.2) is 40.7 Å². The fourth-order valence-corrected chi connectivity index (χ4v) is 5.51. The molecule has 172 valence electrons. The number of benzene rings is 2. The fourth-order valence-electron chi connectivity index (χ4n) is 3.15. The summed E-state index contributed by atoms with van der Waals surface area (Å²) in [5.74, 6) is 6.27. The summed E-state index contributed by atoms with van der Waals surface area (Å²) in [6.45, 7) is 4.16. The van der Waals surface area contributed by atoms with Crippen LogP contribution in [0.25, 0.3) is 11.4 Å². The maximum absolute atomic E-state index is 13.2. The molecule has 0 atom stereocenters. The van der Waals surface area contributed by atoms with Crippen molar-refractivity contribution in [2.75, 3.05) is 18.9 Å². The van der Waals surface area contributed by atoms with Crippen LogP contribution < -0.4 is 5.84 Å². The Labute approximate surface area is 188 Å². The topological polar surface area (TPSA) is 94.1 Å². The predicted octanol–water partition coefficient (Wildman–Crippen LogP) is 4.00. The van der Waals surface area contributed by atoms with Crippen LogP contribution >= 0.6 is 11.8 Å². The maximum Gasteiger partial charge on any atom is 0.416 e. The molecule has 32 heavy (non-hydrogen) atoms. The Morgan fingerprint density at radius 2 is 1.75 bits per heavy atom. The highest BCUT2D eigenvalue weighted by atomic mass is 32.2. The van der Waals surface area contributed by atoms with Gasteiger partial charge in [0.05, 0.1) is 10.5 Å². The molecule has 0 amide bonds. The minimum Gasteiger partial charge on any atom is -0.335 e. The molecule has 0 saturated heterocycles. The highest BCUT2D eigenvalue weighted by Gasteiger charge is 2.33. The Kier molecular flexibility index (Phi) is 7.16. The average molecular weight is 486 g/mol. The lowest BCUT2D eigenvalue weighted by atomic mass is 10.1. The second kappa shape index (κ2) is 9.51. The molecule has 0 spiro atoms. The second-order valence-electron chi connectivity index (χ2n) is 6.74. The maximum atomic E-state index is 13.2. The van der Waals surface area contributed by atoms with Crippen molar-refractivity contribution < 1.29 is 21.6 Å². The summed E-state index contributed by atoms with van der Waals surface area (Å²) in [7, 11) is -3.68. The summed E-state index contributed by atoms with van der Waals surface area (Å²) < 4.78 is 67.7. The number of hydrogen-bond donors (Lipinski definition) is 1. The molecule has 0 saturated carbocycles. The van der Waals surface area contributed by atoms with Gasteiger partial charge in [-0.3, -0.25) is 0 Å². The van der Waals surface area contributed by atoms with Gasteiger partial charge in [-0.05, 0) is 23.8 Å². The van der Waals surface area contributed by atoms with Crippen molar-refractivity contribution in [3.05, 3.63) is 59.7 Å². The zero-order valence-corrected chi connectivity index (χ0v) is 19.0. The number of alkyl halides is 3. The lowest BCUT2D eigenvalue weighted by molar-refractivity contribution is -0.138. The van der Waals surface area contributed by atoms with Crippen molar-refractivity contribution >= 4 is 21.8 Å². The molecule has 0 aliphatic heterocycles. The molecular weight excluding hydrogens is 463 g/mol. The van der Waals surface area contributed by atoms with E-state index in [9.17, 15) is 21.6 Å². The summed E-state index contributed by atoms with van der Waals surface area (Å²) in [5, 5.41) is 8.19. The van der Waals surface area contributed by atoms with Crippen molar-refractivity contribution in [2.45, 2.75) is 35.8 Å². The summed E-state index contributed by atoms with van der Waals surface area (Å²) in [5.41, 5.74) is -0.192. The van der Waals surface area contributed by atoms with E-state index in [1.807, 2.05) is 0 Å². The molecule has 0 unspecified atom stereocenters. The Hall–Kier alpha value is -2.57. The fraction of sp³-hybridized carbons (Fsp3) is 0.300. The van der Waals surface area contributed by atoms with E-state index in [-0.39, 0.29) is 27.2 Å². The zero-order valence-electron chi connectivity index (χ0n) is 17.4. The van der Waals surface area contributed by atoms with Crippen molar-refractivity contribution in [3.63, 3.8) is 0 Å². The standard InChI is InChI=1S/C20H22F3N5O2S2/c1-3-27(4-2)32(29,30)16-10-7-9-14(12-16)18-25-26-19(28(18)24)31-13-15-8-5-6-11-17(15)20(21,22)23/h5-12H,3-4,13,24H2,1-2H3. The third-order valence-electron chi connectivity index (χ3n) is 4.78. The van der Waals surface area contributed by atoms with Crippen molar-refractivity contribution in [2.24, 2.45) is 0 Å². The first kappa shape index (κ1) is 24.1. The Morgan fingerprint density at radius 3 is 2.41 bits per heavy atom. The molecule has 2 aromatic carbocycles. The highest BCUT2D eigenvalue weighted by Crippen LogP contribution is 2.34. The first-order valence-electron chi connectivity index (χ1n) is 9.68. The smallest absolute Gasteiger partial charge is 0.335 e. The Bertz CT molecular complexity index is 1190. The van der Waals surface area contributed by atoms with E-state index in [2.05, 4.69) is 10.2 Å². The minimum atomic E-state index is -4.46. The quantitative estimate of drug-likeness (QED) is 0.383. The number of nitrogens with zero attached hydrogens (tertiary/aromatic N) is 4. The summed E-state index contributed by atoms with van der Waals surface area (Å²) in [6, 6.07) is 11.4. The molecule has 3 aromatic rings. The minimum absolute atomic E-state index is 0.0125.